The van der Waals surface area contributed by atoms with Crippen molar-refractivity contribution in [3.63, 3.8) is 0 Å². The predicted molar refractivity (Wildman–Crippen MR) is 87.0 cm³/mol. The number of anilines is 1. The van der Waals surface area contributed by atoms with Gasteiger partial charge in [-0.2, -0.15) is 0 Å². The number of aromatic nitrogens is 3. The molecule has 4 nitrogen and oxygen atoms in total. The van der Waals surface area contributed by atoms with E-state index in [4.69, 9.17) is 4.98 Å². The van der Waals surface area contributed by atoms with Gasteiger partial charge in [0.15, 0.2) is 0 Å². The first-order chi connectivity index (χ1) is 10.2. The van der Waals surface area contributed by atoms with Gasteiger partial charge < -0.3 is 5.32 Å². The van der Waals surface area contributed by atoms with Gasteiger partial charge in [-0.05, 0) is 39.2 Å². The zero-order valence-electron chi connectivity index (χ0n) is 13.4. The van der Waals surface area contributed by atoms with Gasteiger partial charge in [-0.15, -0.1) is 0 Å². The molecule has 0 aromatic carbocycles. The van der Waals surface area contributed by atoms with Gasteiger partial charge in [0.1, 0.15) is 5.82 Å². The van der Waals surface area contributed by atoms with Gasteiger partial charge >= 0.3 is 0 Å². The first-order valence-corrected chi connectivity index (χ1v) is 8.31. The zero-order chi connectivity index (χ0) is 14.8. The minimum Gasteiger partial charge on any atom is -0.367 e. The summed E-state index contributed by atoms with van der Waals surface area (Å²) >= 11 is 0. The second kappa shape index (κ2) is 6.04. The van der Waals surface area contributed by atoms with Gasteiger partial charge in [0.25, 0.3) is 0 Å². The minimum absolute atomic E-state index is 0.593. The molecule has 114 valence electrons. The van der Waals surface area contributed by atoms with Crippen LogP contribution in [-0.4, -0.2) is 20.4 Å². The SMILES string of the molecule is CCCc1nc2nc(C)cc(C)n2c1NC1CCCCC1. The highest BCUT2D eigenvalue weighted by atomic mass is 15.2. The van der Waals surface area contributed by atoms with Crippen molar-refractivity contribution < 1.29 is 0 Å². The average Bonchev–Trinajstić information content (AvgIpc) is 2.78. The van der Waals surface area contributed by atoms with Crippen molar-refractivity contribution in [3.8, 4) is 0 Å². The van der Waals surface area contributed by atoms with Crippen LogP contribution in [0.5, 0.6) is 0 Å². The molecule has 1 aliphatic rings. The number of rotatable bonds is 4. The van der Waals surface area contributed by atoms with Gasteiger partial charge in [-0.3, -0.25) is 4.40 Å². The second-order valence-electron chi connectivity index (χ2n) is 6.31. The fourth-order valence-corrected chi connectivity index (χ4v) is 3.42. The summed E-state index contributed by atoms with van der Waals surface area (Å²) in [6.45, 7) is 6.39. The predicted octanol–water partition coefficient (Wildman–Crippen LogP) is 4.04. The third kappa shape index (κ3) is 2.89. The summed E-state index contributed by atoms with van der Waals surface area (Å²) in [5, 5.41) is 3.78. The lowest BCUT2D eigenvalue weighted by atomic mass is 9.95. The van der Waals surface area contributed by atoms with Crippen LogP contribution in [-0.2, 0) is 6.42 Å². The number of fused-ring (bicyclic) bond motifs is 1. The van der Waals surface area contributed by atoms with E-state index >= 15 is 0 Å². The quantitative estimate of drug-likeness (QED) is 0.922. The summed E-state index contributed by atoms with van der Waals surface area (Å²) < 4.78 is 2.20. The smallest absolute Gasteiger partial charge is 0.236 e. The molecule has 1 saturated carbocycles. The summed E-state index contributed by atoms with van der Waals surface area (Å²) in [6.07, 6.45) is 8.74. The van der Waals surface area contributed by atoms with E-state index in [1.165, 1.54) is 49.3 Å². The van der Waals surface area contributed by atoms with Crippen molar-refractivity contribution in [2.75, 3.05) is 5.32 Å². The molecule has 3 rings (SSSR count). The standard InChI is InChI=1S/C17H26N4/c1-4-8-15-16(19-14-9-6-5-7-10-14)21-13(3)11-12(2)18-17(21)20-15/h11,14,19H,4-10H2,1-3H3. The fraction of sp³-hybridized carbons (Fsp3) is 0.647. The molecule has 21 heavy (non-hydrogen) atoms. The number of hydrogen-bond donors (Lipinski definition) is 1. The Labute approximate surface area is 127 Å². The van der Waals surface area contributed by atoms with Crippen LogP contribution in [0.25, 0.3) is 5.78 Å². The van der Waals surface area contributed by atoms with Crippen molar-refractivity contribution in [1.29, 1.82) is 0 Å². The van der Waals surface area contributed by atoms with Crippen molar-refractivity contribution >= 4 is 11.6 Å². The summed E-state index contributed by atoms with van der Waals surface area (Å²) in [5.74, 6) is 2.03. The molecule has 0 spiro atoms. The Bertz CT molecular complexity index is 623. The maximum absolute atomic E-state index is 4.78. The molecule has 2 aromatic heterocycles. The highest BCUT2D eigenvalue weighted by Gasteiger charge is 2.19. The Balaban J connectivity index is 2.02. The molecular formula is C17H26N4. The molecular weight excluding hydrogens is 260 g/mol. The molecule has 2 heterocycles. The molecule has 0 aliphatic heterocycles. The molecule has 0 saturated heterocycles. The van der Waals surface area contributed by atoms with E-state index in [-0.39, 0.29) is 0 Å². The Morgan fingerprint density at radius 3 is 2.67 bits per heavy atom. The van der Waals surface area contributed by atoms with E-state index < -0.39 is 0 Å². The van der Waals surface area contributed by atoms with Crippen molar-refractivity contribution in [2.45, 2.75) is 71.8 Å². The molecule has 1 fully saturated rings. The number of imidazole rings is 1. The topological polar surface area (TPSA) is 42.2 Å². The largest absolute Gasteiger partial charge is 0.367 e. The van der Waals surface area contributed by atoms with Crippen LogP contribution in [0.2, 0.25) is 0 Å². The monoisotopic (exact) mass is 286 g/mol. The van der Waals surface area contributed by atoms with Gasteiger partial charge in [0, 0.05) is 17.4 Å². The molecule has 4 heteroatoms. The van der Waals surface area contributed by atoms with Gasteiger partial charge in [-0.25, -0.2) is 9.97 Å². The lowest BCUT2D eigenvalue weighted by Crippen LogP contribution is -2.24. The normalized spacial score (nSPS) is 16.5. The molecule has 0 unspecified atom stereocenters. The molecule has 0 radical (unpaired) electrons. The summed E-state index contributed by atoms with van der Waals surface area (Å²) in [7, 11) is 0. The highest BCUT2D eigenvalue weighted by Crippen LogP contribution is 2.26. The van der Waals surface area contributed by atoms with Crippen LogP contribution in [0, 0.1) is 13.8 Å². The maximum Gasteiger partial charge on any atom is 0.236 e. The van der Waals surface area contributed by atoms with Crippen molar-refractivity contribution in [2.24, 2.45) is 0 Å². The highest BCUT2D eigenvalue weighted by molar-refractivity contribution is 5.54. The summed E-state index contributed by atoms with van der Waals surface area (Å²) in [5.41, 5.74) is 3.42. The van der Waals surface area contributed by atoms with Crippen LogP contribution < -0.4 is 5.32 Å². The van der Waals surface area contributed by atoms with Gasteiger partial charge in [0.05, 0.1) is 5.69 Å². The molecule has 0 atom stereocenters. The van der Waals surface area contributed by atoms with Crippen LogP contribution in [0.4, 0.5) is 5.82 Å². The summed E-state index contributed by atoms with van der Waals surface area (Å²) in [4.78, 5) is 9.38. The molecule has 0 bridgehead atoms. The van der Waals surface area contributed by atoms with Crippen LogP contribution in [0.15, 0.2) is 6.07 Å². The van der Waals surface area contributed by atoms with E-state index in [0.717, 1.165) is 24.3 Å². The number of nitrogens with one attached hydrogen (secondary N) is 1. The second-order valence-corrected chi connectivity index (χ2v) is 6.31. The number of hydrogen-bond acceptors (Lipinski definition) is 3. The van der Waals surface area contributed by atoms with E-state index in [1.54, 1.807) is 0 Å². The Morgan fingerprint density at radius 1 is 1.19 bits per heavy atom. The van der Waals surface area contributed by atoms with Crippen molar-refractivity contribution in [3.05, 3.63) is 23.1 Å². The lowest BCUT2D eigenvalue weighted by Gasteiger charge is -2.24. The summed E-state index contributed by atoms with van der Waals surface area (Å²) in [6, 6.07) is 2.73. The molecule has 1 N–H and O–H groups in total. The molecule has 2 aromatic rings. The van der Waals surface area contributed by atoms with E-state index in [0.29, 0.717) is 6.04 Å². The van der Waals surface area contributed by atoms with E-state index in [2.05, 4.69) is 34.6 Å². The fourth-order valence-electron chi connectivity index (χ4n) is 3.42. The third-order valence-electron chi connectivity index (χ3n) is 4.41. The van der Waals surface area contributed by atoms with Crippen LogP contribution in [0.1, 0.15) is 62.5 Å². The lowest BCUT2D eigenvalue weighted by molar-refractivity contribution is 0.461. The number of aryl methyl sites for hydroxylation is 3. The molecule has 1 aliphatic carbocycles. The van der Waals surface area contributed by atoms with Gasteiger partial charge in [0.2, 0.25) is 5.78 Å². The van der Waals surface area contributed by atoms with E-state index in [1.807, 2.05) is 6.92 Å². The van der Waals surface area contributed by atoms with Gasteiger partial charge in [-0.1, -0.05) is 32.6 Å². The average molecular weight is 286 g/mol. The number of nitrogens with zero attached hydrogens (tertiary/aromatic N) is 3. The van der Waals surface area contributed by atoms with Crippen molar-refractivity contribution in [1.82, 2.24) is 14.4 Å². The Morgan fingerprint density at radius 2 is 1.95 bits per heavy atom. The Kier molecular flexibility index (Phi) is 4.13. The third-order valence-corrected chi connectivity index (χ3v) is 4.41. The minimum atomic E-state index is 0.593. The van der Waals surface area contributed by atoms with E-state index in [9.17, 15) is 0 Å². The van der Waals surface area contributed by atoms with Crippen LogP contribution in [0.3, 0.4) is 0 Å². The Hall–Kier alpha value is -1.58. The molecule has 0 amide bonds. The van der Waals surface area contributed by atoms with Crippen LogP contribution >= 0.6 is 0 Å². The first-order valence-electron chi connectivity index (χ1n) is 8.31. The zero-order valence-corrected chi connectivity index (χ0v) is 13.4. The maximum atomic E-state index is 4.78. The first kappa shape index (κ1) is 14.4.